The monoisotopic (exact) mass is 483 g/mol. The van der Waals surface area contributed by atoms with Gasteiger partial charge < -0.3 is 14.9 Å². The molecule has 1 fully saturated rings. The summed E-state index contributed by atoms with van der Waals surface area (Å²) < 4.78 is 0. The Labute approximate surface area is 212 Å². The first kappa shape index (κ1) is 25.2. The second kappa shape index (κ2) is 11.2. The minimum atomic E-state index is -1.00. The number of hydrogen-bond donors (Lipinski definition) is 1. The topological polar surface area (TPSA) is 73.7 Å². The van der Waals surface area contributed by atoms with Crippen molar-refractivity contribution in [1.82, 2.24) is 4.98 Å². The minimum Gasteiger partial charge on any atom is -0.478 e. The normalized spacial score (nSPS) is 14.9. The van der Waals surface area contributed by atoms with Crippen molar-refractivity contribution < 1.29 is 14.7 Å². The van der Waals surface area contributed by atoms with Crippen LogP contribution in [0.2, 0.25) is 0 Å². The molecule has 2 aromatic carbocycles. The van der Waals surface area contributed by atoms with Gasteiger partial charge in [0.1, 0.15) is 0 Å². The molecule has 3 aromatic rings. The molecule has 1 saturated carbocycles. The number of aliphatic carboxylic acids is 1. The molecule has 0 unspecified atom stereocenters. The largest absolute Gasteiger partial charge is 0.478 e. The molecule has 186 valence electrons. The zero-order valence-corrected chi connectivity index (χ0v) is 20.9. The Bertz CT molecular complexity index is 1210. The van der Waals surface area contributed by atoms with Gasteiger partial charge in [0.15, 0.2) is 0 Å². The first-order chi connectivity index (χ1) is 17.4. The Morgan fingerprint density at radius 2 is 1.69 bits per heavy atom. The summed E-state index contributed by atoms with van der Waals surface area (Å²) in [4.78, 5) is 32.1. The van der Waals surface area contributed by atoms with Crippen molar-refractivity contribution in [3.8, 4) is 11.1 Å². The molecule has 1 aromatic heterocycles. The van der Waals surface area contributed by atoms with Crippen LogP contribution in [0.15, 0.2) is 72.9 Å². The van der Waals surface area contributed by atoms with Gasteiger partial charge in [0, 0.05) is 55.4 Å². The van der Waals surface area contributed by atoms with Crippen molar-refractivity contribution in [1.29, 1.82) is 0 Å². The van der Waals surface area contributed by atoms with E-state index in [9.17, 15) is 9.59 Å². The zero-order chi connectivity index (χ0) is 25.5. The Morgan fingerprint density at radius 1 is 0.972 bits per heavy atom. The van der Waals surface area contributed by atoms with E-state index in [2.05, 4.69) is 41.3 Å². The molecule has 1 N–H and O–H groups in total. The highest BCUT2D eigenvalue weighted by Gasteiger charge is 2.39. The number of pyridine rings is 1. The zero-order valence-electron chi connectivity index (χ0n) is 20.9. The average Bonchev–Trinajstić information content (AvgIpc) is 2.89. The molecule has 36 heavy (non-hydrogen) atoms. The van der Waals surface area contributed by atoms with Gasteiger partial charge in [-0.1, -0.05) is 49.6 Å². The summed E-state index contributed by atoms with van der Waals surface area (Å²) in [5.74, 6) is -1.00. The standard InChI is InChI=1S/C30H33N3O3/c1-32(2)27-14-11-24(12-15-27)25-10-13-26(31-21-25)20-30(17-4-3-5-18-30)33(22-34)28-8-6-7-23(19-28)9-16-29(35)36/h6-16,19,21-22H,3-5,17-18,20H2,1-2H3,(H,35,36)/b16-9+. The quantitative estimate of drug-likeness (QED) is 0.307. The predicted molar refractivity (Wildman–Crippen MR) is 145 cm³/mol. The highest BCUT2D eigenvalue weighted by atomic mass is 16.4. The maximum absolute atomic E-state index is 12.5. The summed E-state index contributed by atoms with van der Waals surface area (Å²) >= 11 is 0. The highest BCUT2D eigenvalue weighted by Crippen LogP contribution is 2.39. The van der Waals surface area contributed by atoms with Crippen LogP contribution in [0.3, 0.4) is 0 Å². The van der Waals surface area contributed by atoms with Gasteiger partial charge in [-0.05, 0) is 60.4 Å². The molecule has 0 saturated heterocycles. The third kappa shape index (κ3) is 5.82. The molecule has 0 radical (unpaired) electrons. The summed E-state index contributed by atoms with van der Waals surface area (Å²) in [6, 6.07) is 20.1. The number of aromatic nitrogens is 1. The fourth-order valence-electron chi connectivity index (χ4n) is 5.09. The van der Waals surface area contributed by atoms with Crippen molar-refractivity contribution >= 4 is 29.8 Å². The van der Waals surface area contributed by atoms with Crippen LogP contribution in [0, 0.1) is 0 Å². The summed E-state index contributed by atoms with van der Waals surface area (Å²) in [7, 11) is 4.05. The van der Waals surface area contributed by atoms with E-state index in [1.807, 2.05) is 49.5 Å². The number of anilines is 2. The molecule has 0 aliphatic heterocycles. The van der Waals surface area contributed by atoms with Gasteiger partial charge in [-0.15, -0.1) is 0 Å². The van der Waals surface area contributed by atoms with E-state index >= 15 is 0 Å². The third-order valence-corrected chi connectivity index (χ3v) is 7.02. The van der Waals surface area contributed by atoms with Crippen LogP contribution in [-0.2, 0) is 16.0 Å². The first-order valence-corrected chi connectivity index (χ1v) is 12.4. The first-order valence-electron chi connectivity index (χ1n) is 12.4. The van der Waals surface area contributed by atoms with Crippen LogP contribution in [0.1, 0.15) is 43.4 Å². The molecule has 0 spiro atoms. The number of rotatable bonds is 9. The van der Waals surface area contributed by atoms with E-state index in [0.29, 0.717) is 6.42 Å². The van der Waals surface area contributed by atoms with E-state index in [4.69, 9.17) is 10.1 Å². The number of nitrogens with zero attached hydrogens (tertiary/aromatic N) is 3. The van der Waals surface area contributed by atoms with Crippen molar-refractivity contribution in [2.45, 2.75) is 44.1 Å². The maximum Gasteiger partial charge on any atom is 0.328 e. The van der Waals surface area contributed by atoms with E-state index in [-0.39, 0.29) is 5.54 Å². The Morgan fingerprint density at radius 3 is 2.31 bits per heavy atom. The number of carboxylic acid groups (broad SMARTS) is 1. The van der Waals surface area contributed by atoms with Gasteiger partial charge in [-0.25, -0.2) is 4.79 Å². The van der Waals surface area contributed by atoms with Crippen molar-refractivity contribution in [3.05, 3.63) is 84.2 Å². The van der Waals surface area contributed by atoms with Crippen molar-refractivity contribution in [3.63, 3.8) is 0 Å². The molecule has 1 amide bonds. The van der Waals surface area contributed by atoms with E-state index in [0.717, 1.165) is 78.3 Å². The molecule has 1 aliphatic carbocycles. The number of carboxylic acids is 1. The van der Waals surface area contributed by atoms with Gasteiger partial charge in [-0.2, -0.15) is 0 Å². The molecule has 6 heteroatoms. The number of benzene rings is 2. The Kier molecular flexibility index (Phi) is 7.84. The molecule has 1 heterocycles. The summed E-state index contributed by atoms with van der Waals surface area (Å²) in [6.07, 6.45) is 11.2. The number of amides is 1. The van der Waals surface area contributed by atoms with Crippen LogP contribution in [0.5, 0.6) is 0 Å². The fraction of sp³-hybridized carbons (Fsp3) is 0.300. The van der Waals surface area contributed by atoms with E-state index in [1.165, 1.54) is 0 Å². The Balaban J connectivity index is 1.60. The lowest BCUT2D eigenvalue weighted by atomic mass is 9.76. The molecular weight excluding hydrogens is 450 g/mol. The fourth-order valence-corrected chi connectivity index (χ4v) is 5.09. The van der Waals surface area contributed by atoms with Gasteiger partial charge in [-0.3, -0.25) is 9.78 Å². The number of carbonyl (C=O) groups excluding carboxylic acids is 1. The van der Waals surface area contributed by atoms with Gasteiger partial charge in [0.2, 0.25) is 6.41 Å². The lowest BCUT2D eigenvalue weighted by Gasteiger charge is -2.45. The van der Waals surface area contributed by atoms with Crippen LogP contribution in [0.4, 0.5) is 11.4 Å². The van der Waals surface area contributed by atoms with E-state index < -0.39 is 5.97 Å². The maximum atomic E-state index is 12.5. The van der Waals surface area contributed by atoms with Gasteiger partial charge >= 0.3 is 5.97 Å². The van der Waals surface area contributed by atoms with Crippen LogP contribution in [0.25, 0.3) is 17.2 Å². The molecule has 6 nitrogen and oxygen atoms in total. The van der Waals surface area contributed by atoms with Crippen molar-refractivity contribution in [2.24, 2.45) is 0 Å². The summed E-state index contributed by atoms with van der Waals surface area (Å²) in [5.41, 5.74) is 5.45. The van der Waals surface area contributed by atoms with Crippen molar-refractivity contribution in [2.75, 3.05) is 23.9 Å². The SMILES string of the molecule is CN(C)c1ccc(-c2ccc(CC3(N(C=O)c4cccc(/C=C/C(=O)O)c4)CCCCC3)nc2)cc1. The molecular formula is C30H33N3O3. The smallest absolute Gasteiger partial charge is 0.328 e. The second-order valence-electron chi connectivity index (χ2n) is 9.68. The number of carbonyl (C=O) groups is 2. The summed E-state index contributed by atoms with van der Waals surface area (Å²) in [6.45, 7) is 0. The molecule has 0 atom stereocenters. The minimum absolute atomic E-state index is 0.364. The molecule has 4 rings (SSSR count). The molecule has 0 bridgehead atoms. The highest BCUT2D eigenvalue weighted by molar-refractivity contribution is 5.86. The second-order valence-corrected chi connectivity index (χ2v) is 9.68. The van der Waals surface area contributed by atoms with E-state index in [1.54, 1.807) is 6.08 Å². The predicted octanol–water partition coefficient (Wildman–Crippen LogP) is 5.82. The van der Waals surface area contributed by atoms with Gasteiger partial charge in [0.25, 0.3) is 0 Å². The lowest BCUT2D eigenvalue weighted by Crippen LogP contribution is -2.51. The Hall–Kier alpha value is -3.93. The number of hydrogen-bond acceptors (Lipinski definition) is 4. The van der Waals surface area contributed by atoms with Crippen LogP contribution < -0.4 is 9.80 Å². The lowest BCUT2D eigenvalue weighted by molar-refractivity contribution is -0.131. The van der Waals surface area contributed by atoms with Crippen LogP contribution in [-0.4, -0.2) is 42.1 Å². The van der Waals surface area contributed by atoms with Crippen LogP contribution >= 0.6 is 0 Å². The summed E-state index contributed by atoms with van der Waals surface area (Å²) in [5, 5.41) is 8.97. The molecule has 1 aliphatic rings. The average molecular weight is 484 g/mol. The third-order valence-electron chi connectivity index (χ3n) is 7.02. The van der Waals surface area contributed by atoms with Gasteiger partial charge in [0.05, 0.1) is 5.54 Å².